The van der Waals surface area contributed by atoms with E-state index in [4.69, 9.17) is 10.5 Å². The van der Waals surface area contributed by atoms with Gasteiger partial charge in [0.1, 0.15) is 0 Å². The van der Waals surface area contributed by atoms with Crippen LogP contribution in [-0.4, -0.2) is 55.3 Å². The van der Waals surface area contributed by atoms with Crippen LogP contribution in [0.5, 0.6) is 0 Å². The zero-order chi connectivity index (χ0) is 9.68. The summed E-state index contributed by atoms with van der Waals surface area (Å²) in [6.45, 7) is 4.60. The molecule has 0 bridgehead atoms. The highest BCUT2D eigenvalue weighted by Crippen LogP contribution is 2.16. The van der Waals surface area contributed by atoms with Gasteiger partial charge in [0.05, 0.1) is 6.61 Å². The van der Waals surface area contributed by atoms with E-state index in [-0.39, 0.29) is 6.04 Å². The molecule has 2 atom stereocenters. The van der Waals surface area contributed by atoms with Crippen molar-refractivity contribution in [3.05, 3.63) is 0 Å². The molecule has 13 heavy (non-hydrogen) atoms. The van der Waals surface area contributed by atoms with Gasteiger partial charge in [-0.3, -0.25) is 0 Å². The fourth-order valence-corrected chi connectivity index (χ4v) is 2.85. The van der Waals surface area contributed by atoms with Crippen molar-refractivity contribution in [1.82, 2.24) is 4.90 Å². The molecule has 1 aliphatic rings. The number of hydrogen-bond donors (Lipinski definition) is 1. The van der Waals surface area contributed by atoms with Crippen molar-refractivity contribution in [1.29, 1.82) is 0 Å². The number of nitrogens with zero attached hydrogens (tertiary/aromatic N) is 1. The van der Waals surface area contributed by atoms with Gasteiger partial charge in [-0.25, -0.2) is 0 Å². The molecular weight excluding hydrogens is 184 g/mol. The molecule has 1 saturated heterocycles. The van der Waals surface area contributed by atoms with Crippen LogP contribution < -0.4 is 5.73 Å². The minimum absolute atomic E-state index is 0.165. The van der Waals surface area contributed by atoms with Gasteiger partial charge in [0.2, 0.25) is 0 Å². The molecule has 1 fully saturated rings. The van der Waals surface area contributed by atoms with E-state index in [1.807, 2.05) is 18.7 Å². The van der Waals surface area contributed by atoms with E-state index in [1.54, 1.807) is 0 Å². The van der Waals surface area contributed by atoms with Crippen LogP contribution >= 0.6 is 11.8 Å². The standard InChI is InChI=1S/C9H20N2OS/c1-3-12-6-8(10)9-7-13-5-4-11(9)2/h8-9H,3-7,10H2,1-2H3. The van der Waals surface area contributed by atoms with E-state index in [0.29, 0.717) is 12.6 Å². The smallest absolute Gasteiger partial charge is 0.0632 e. The minimum Gasteiger partial charge on any atom is -0.380 e. The Balaban J connectivity index is 2.30. The number of ether oxygens (including phenoxy) is 1. The Kier molecular flexibility index (Phi) is 5.09. The second-order valence-electron chi connectivity index (χ2n) is 3.45. The normalized spacial score (nSPS) is 27.5. The second kappa shape index (κ2) is 5.86. The van der Waals surface area contributed by atoms with Crippen LogP contribution in [0.2, 0.25) is 0 Å². The molecule has 0 saturated carbocycles. The summed E-state index contributed by atoms with van der Waals surface area (Å²) in [6, 6.07) is 0.656. The molecule has 0 radical (unpaired) electrons. The Bertz CT molecular complexity index is 146. The molecule has 1 aliphatic heterocycles. The average molecular weight is 204 g/mol. The summed E-state index contributed by atoms with van der Waals surface area (Å²) in [6.07, 6.45) is 0. The fourth-order valence-electron chi connectivity index (χ4n) is 1.52. The van der Waals surface area contributed by atoms with Gasteiger partial charge in [0.15, 0.2) is 0 Å². The average Bonchev–Trinajstić information content (AvgIpc) is 2.15. The van der Waals surface area contributed by atoms with Crippen molar-refractivity contribution in [2.24, 2.45) is 5.73 Å². The molecule has 0 aromatic heterocycles. The van der Waals surface area contributed by atoms with Gasteiger partial charge in [-0.05, 0) is 14.0 Å². The van der Waals surface area contributed by atoms with Crippen molar-refractivity contribution in [3.63, 3.8) is 0 Å². The van der Waals surface area contributed by atoms with Gasteiger partial charge in [-0.15, -0.1) is 0 Å². The molecule has 1 rings (SSSR count). The third-order valence-corrected chi connectivity index (χ3v) is 3.50. The molecule has 0 amide bonds. The van der Waals surface area contributed by atoms with E-state index in [0.717, 1.165) is 18.9 Å². The van der Waals surface area contributed by atoms with Gasteiger partial charge in [-0.2, -0.15) is 11.8 Å². The van der Waals surface area contributed by atoms with E-state index in [2.05, 4.69) is 11.9 Å². The van der Waals surface area contributed by atoms with E-state index in [1.165, 1.54) is 5.75 Å². The van der Waals surface area contributed by atoms with E-state index in [9.17, 15) is 0 Å². The van der Waals surface area contributed by atoms with E-state index >= 15 is 0 Å². The lowest BCUT2D eigenvalue weighted by atomic mass is 10.1. The molecular formula is C9H20N2OS. The summed E-state index contributed by atoms with van der Waals surface area (Å²) in [5.74, 6) is 2.37. The maximum atomic E-state index is 6.04. The first-order valence-electron chi connectivity index (χ1n) is 4.87. The lowest BCUT2D eigenvalue weighted by Crippen LogP contribution is -2.52. The van der Waals surface area contributed by atoms with Gasteiger partial charge in [-0.1, -0.05) is 0 Å². The van der Waals surface area contributed by atoms with Crippen LogP contribution in [0.1, 0.15) is 6.92 Å². The Hall–Kier alpha value is 0.230. The van der Waals surface area contributed by atoms with Crippen LogP contribution in [-0.2, 0) is 4.74 Å². The largest absolute Gasteiger partial charge is 0.380 e. The predicted molar refractivity (Wildman–Crippen MR) is 58.2 cm³/mol. The lowest BCUT2D eigenvalue weighted by molar-refractivity contribution is 0.102. The lowest BCUT2D eigenvalue weighted by Gasteiger charge is -2.35. The topological polar surface area (TPSA) is 38.5 Å². The Morgan fingerprint density at radius 2 is 2.46 bits per heavy atom. The van der Waals surface area contributed by atoms with Gasteiger partial charge >= 0.3 is 0 Å². The monoisotopic (exact) mass is 204 g/mol. The third-order valence-electron chi connectivity index (χ3n) is 2.45. The van der Waals surface area contributed by atoms with Gasteiger partial charge in [0.25, 0.3) is 0 Å². The molecule has 0 aromatic carbocycles. The molecule has 3 nitrogen and oxygen atoms in total. The van der Waals surface area contributed by atoms with Crippen LogP contribution in [0.25, 0.3) is 0 Å². The zero-order valence-electron chi connectivity index (χ0n) is 8.53. The van der Waals surface area contributed by atoms with Crippen LogP contribution in [0.15, 0.2) is 0 Å². The summed E-state index contributed by atoms with van der Waals surface area (Å²) >= 11 is 1.99. The third kappa shape index (κ3) is 3.46. The molecule has 0 aromatic rings. The summed E-state index contributed by atoms with van der Waals surface area (Å²) in [4.78, 5) is 2.35. The van der Waals surface area contributed by atoms with Crippen LogP contribution in [0.4, 0.5) is 0 Å². The number of likely N-dealkylation sites (N-methyl/N-ethyl adjacent to an activating group) is 1. The molecule has 4 heteroatoms. The first-order valence-corrected chi connectivity index (χ1v) is 6.02. The zero-order valence-corrected chi connectivity index (χ0v) is 9.35. The van der Waals surface area contributed by atoms with Crippen molar-refractivity contribution in [2.45, 2.75) is 19.0 Å². The first-order chi connectivity index (χ1) is 6.25. The van der Waals surface area contributed by atoms with Gasteiger partial charge < -0.3 is 15.4 Å². The highest BCUT2D eigenvalue weighted by atomic mass is 32.2. The van der Waals surface area contributed by atoms with Crippen molar-refractivity contribution < 1.29 is 4.74 Å². The van der Waals surface area contributed by atoms with Crippen molar-refractivity contribution >= 4 is 11.8 Å². The maximum Gasteiger partial charge on any atom is 0.0632 e. The molecule has 2 unspecified atom stereocenters. The SMILES string of the molecule is CCOCC(N)C1CSCCN1C. The highest BCUT2D eigenvalue weighted by Gasteiger charge is 2.25. The van der Waals surface area contributed by atoms with E-state index < -0.39 is 0 Å². The quantitative estimate of drug-likeness (QED) is 0.719. The number of thioether (sulfide) groups is 1. The maximum absolute atomic E-state index is 6.04. The highest BCUT2D eigenvalue weighted by molar-refractivity contribution is 7.99. The summed E-state index contributed by atoms with van der Waals surface area (Å²) in [5, 5.41) is 0. The fraction of sp³-hybridized carbons (Fsp3) is 1.00. The number of hydrogen-bond acceptors (Lipinski definition) is 4. The summed E-state index contributed by atoms with van der Waals surface area (Å²) < 4.78 is 5.34. The summed E-state index contributed by atoms with van der Waals surface area (Å²) in [5.41, 5.74) is 6.04. The molecule has 2 N–H and O–H groups in total. The summed E-state index contributed by atoms with van der Waals surface area (Å²) in [7, 11) is 2.15. The van der Waals surface area contributed by atoms with Crippen molar-refractivity contribution in [3.8, 4) is 0 Å². The Morgan fingerprint density at radius 1 is 1.69 bits per heavy atom. The second-order valence-corrected chi connectivity index (χ2v) is 4.60. The molecule has 0 aliphatic carbocycles. The first kappa shape index (κ1) is 11.3. The predicted octanol–water partition coefficient (Wildman–Crippen LogP) is 0.397. The molecule has 0 spiro atoms. The van der Waals surface area contributed by atoms with Crippen LogP contribution in [0.3, 0.4) is 0 Å². The van der Waals surface area contributed by atoms with Crippen molar-refractivity contribution in [2.75, 3.05) is 38.3 Å². The number of rotatable bonds is 4. The number of nitrogens with two attached hydrogens (primary N) is 1. The molecule has 1 heterocycles. The van der Waals surface area contributed by atoms with Gasteiger partial charge in [0, 0.05) is 36.7 Å². The Morgan fingerprint density at radius 3 is 3.08 bits per heavy atom. The minimum atomic E-state index is 0.165. The molecule has 78 valence electrons. The van der Waals surface area contributed by atoms with Crippen LogP contribution in [0, 0.1) is 0 Å². The Labute approximate surface area is 85.0 Å².